The van der Waals surface area contributed by atoms with Crippen LogP contribution in [0, 0.1) is 0 Å². The van der Waals surface area contributed by atoms with E-state index in [1.54, 1.807) is 18.2 Å². The van der Waals surface area contributed by atoms with Crippen molar-refractivity contribution in [2.45, 2.75) is 35.4 Å². The molecule has 3 nitrogen and oxygen atoms in total. The van der Waals surface area contributed by atoms with Crippen LogP contribution < -0.4 is 5.73 Å². The molecule has 2 unspecified atom stereocenters. The van der Waals surface area contributed by atoms with Gasteiger partial charge in [0.05, 0.1) is 10.1 Å². The molecule has 1 aromatic rings. The normalized spacial score (nSPS) is 25.9. The summed E-state index contributed by atoms with van der Waals surface area (Å²) in [6, 6.07) is 6.43. The third kappa shape index (κ3) is 2.24. The minimum atomic E-state index is -3.26. The average molecular weight is 260 g/mol. The molecule has 2 rings (SSSR count). The van der Waals surface area contributed by atoms with E-state index >= 15 is 0 Å². The number of rotatable bonds is 2. The second-order valence-corrected chi connectivity index (χ2v) is 6.86. The van der Waals surface area contributed by atoms with Gasteiger partial charge in [0.2, 0.25) is 0 Å². The molecular weight excluding hydrogens is 246 g/mol. The van der Waals surface area contributed by atoms with Crippen molar-refractivity contribution in [3.8, 4) is 0 Å². The van der Waals surface area contributed by atoms with Gasteiger partial charge in [0.1, 0.15) is 0 Å². The lowest BCUT2D eigenvalue weighted by atomic mass is 10.3. The summed E-state index contributed by atoms with van der Waals surface area (Å²) in [5.41, 5.74) is 5.74. The van der Waals surface area contributed by atoms with Crippen LogP contribution in [0.2, 0.25) is 5.02 Å². The first-order valence-electron chi connectivity index (χ1n) is 5.25. The molecule has 0 bridgehead atoms. The van der Waals surface area contributed by atoms with Crippen LogP contribution in [0.3, 0.4) is 0 Å². The first-order valence-corrected chi connectivity index (χ1v) is 7.17. The largest absolute Gasteiger partial charge is 0.328 e. The summed E-state index contributed by atoms with van der Waals surface area (Å²) >= 11 is 5.80. The van der Waals surface area contributed by atoms with Gasteiger partial charge < -0.3 is 5.73 Å². The van der Waals surface area contributed by atoms with Crippen molar-refractivity contribution < 1.29 is 8.42 Å². The van der Waals surface area contributed by atoms with Crippen molar-refractivity contribution in [2.75, 3.05) is 0 Å². The van der Waals surface area contributed by atoms with Crippen LogP contribution in [0.4, 0.5) is 0 Å². The highest BCUT2D eigenvalue weighted by molar-refractivity contribution is 7.92. The summed E-state index contributed by atoms with van der Waals surface area (Å²) in [7, 11) is -3.26. The van der Waals surface area contributed by atoms with E-state index in [9.17, 15) is 8.42 Å². The summed E-state index contributed by atoms with van der Waals surface area (Å²) < 4.78 is 24.4. The zero-order valence-corrected chi connectivity index (χ0v) is 10.3. The fourth-order valence-corrected chi connectivity index (χ4v) is 4.24. The molecule has 1 aliphatic rings. The van der Waals surface area contributed by atoms with Gasteiger partial charge in [-0.1, -0.05) is 17.7 Å². The average Bonchev–Trinajstić information content (AvgIpc) is 2.65. The molecule has 2 atom stereocenters. The van der Waals surface area contributed by atoms with Crippen LogP contribution in [-0.4, -0.2) is 19.7 Å². The lowest BCUT2D eigenvalue weighted by Gasteiger charge is -2.11. The summed E-state index contributed by atoms with van der Waals surface area (Å²) in [6.45, 7) is 0. The Balaban J connectivity index is 2.32. The van der Waals surface area contributed by atoms with E-state index in [4.69, 9.17) is 17.3 Å². The van der Waals surface area contributed by atoms with Gasteiger partial charge in [-0.05, 0) is 37.5 Å². The van der Waals surface area contributed by atoms with Crippen molar-refractivity contribution in [1.29, 1.82) is 0 Å². The molecule has 2 N–H and O–H groups in total. The van der Waals surface area contributed by atoms with Gasteiger partial charge in [-0.15, -0.1) is 0 Å². The molecule has 0 heterocycles. The van der Waals surface area contributed by atoms with E-state index in [1.165, 1.54) is 6.07 Å². The fourth-order valence-electron chi connectivity index (χ4n) is 2.09. The van der Waals surface area contributed by atoms with E-state index < -0.39 is 9.84 Å². The first-order chi connectivity index (χ1) is 7.50. The number of benzene rings is 1. The van der Waals surface area contributed by atoms with Gasteiger partial charge in [0, 0.05) is 11.1 Å². The van der Waals surface area contributed by atoms with Crippen LogP contribution in [0.5, 0.6) is 0 Å². The van der Waals surface area contributed by atoms with Gasteiger partial charge in [-0.2, -0.15) is 0 Å². The predicted molar refractivity (Wildman–Crippen MR) is 64.3 cm³/mol. The predicted octanol–water partition coefficient (Wildman–Crippen LogP) is 1.99. The van der Waals surface area contributed by atoms with Crippen LogP contribution in [-0.2, 0) is 9.84 Å². The standard InChI is InChI=1S/C11H14ClNO2S/c12-8-2-1-3-10(6-8)16(14,15)11-5-4-9(13)7-11/h1-3,6,9,11H,4-5,7,13H2. The first kappa shape index (κ1) is 11.9. The Bertz CT molecular complexity index is 487. The molecule has 0 amide bonds. The van der Waals surface area contributed by atoms with E-state index in [1.807, 2.05) is 0 Å². The second-order valence-electron chi connectivity index (χ2n) is 4.20. The van der Waals surface area contributed by atoms with Gasteiger partial charge in [0.25, 0.3) is 0 Å². The van der Waals surface area contributed by atoms with E-state index in [0.717, 1.165) is 6.42 Å². The second kappa shape index (κ2) is 4.35. The molecular formula is C11H14ClNO2S. The van der Waals surface area contributed by atoms with Gasteiger partial charge >= 0.3 is 0 Å². The van der Waals surface area contributed by atoms with Crippen LogP contribution in [0.25, 0.3) is 0 Å². The molecule has 5 heteroatoms. The smallest absolute Gasteiger partial charge is 0.181 e. The number of hydrogen-bond acceptors (Lipinski definition) is 3. The lowest BCUT2D eigenvalue weighted by Crippen LogP contribution is -2.22. The van der Waals surface area contributed by atoms with Gasteiger partial charge in [0.15, 0.2) is 9.84 Å². The Labute approximate surface area is 101 Å². The molecule has 88 valence electrons. The summed E-state index contributed by atoms with van der Waals surface area (Å²) in [6.07, 6.45) is 1.98. The Hall–Kier alpha value is -0.580. The van der Waals surface area contributed by atoms with Crippen molar-refractivity contribution in [3.05, 3.63) is 29.3 Å². The van der Waals surface area contributed by atoms with Crippen molar-refractivity contribution >= 4 is 21.4 Å². The Morgan fingerprint density at radius 3 is 2.62 bits per heavy atom. The topological polar surface area (TPSA) is 60.2 Å². The minimum absolute atomic E-state index is 0.0129. The maximum Gasteiger partial charge on any atom is 0.181 e. The molecule has 0 radical (unpaired) electrons. The molecule has 16 heavy (non-hydrogen) atoms. The van der Waals surface area contributed by atoms with Crippen molar-refractivity contribution in [1.82, 2.24) is 0 Å². The fraction of sp³-hybridized carbons (Fsp3) is 0.455. The monoisotopic (exact) mass is 259 g/mol. The van der Waals surface area contributed by atoms with E-state index in [0.29, 0.717) is 22.8 Å². The number of sulfone groups is 1. The van der Waals surface area contributed by atoms with Crippen LogP contribution in [0.15, 0.2) is 29.2 Å². The summed E-state index contributed by atoms with van der Waals surface area (Å²) in [5.74, 6) is 0. The van der Waals surface area contributed by atoms with Crippen LogP contribution in [0.1, 0.15) is 19.3 Å². The third-order valence-corrected chi connectivity index (χ3v) is 5.44. The highest BCUT2D eigenvalue weighted by Crippen LogP contribution is 2.29. The molecule has 1 aliphatic carbocycles. The number of halogens is 1. The molecule has 0 aromatic heterocycles. The molecule has 1 saturated carbocycles. The highest BCUT2D eigenvalue weighted by Gasteiger charge is 2.33. The molecule has 0 aliphatic heterocycles. The molecule has 0 saturated heterocycles. The van der Waals surface area contributed by atoms with Crippen LogP contribution >= 0.6 is 11.6 Å². The zero-order valence-electron chi connectivity index (χ0n) is 8.77. The minimum Gasteiger partial charge on any atom is -0.328 e. The summed E-state index contributed by atoms with van der Waals surface area (Å²) in [5, 5.41) is 0.101. The Morgan fingerprint density at radius 1 is 1.31 bits per heavy atom. The maximum atomic E-state index is 12.2. The quantitative estimate of drug-likeness (QED) is 0.884. The third-order valence-electron chi connectivity index (χ3n) is 2.99. The van der Waals surface area contributed by atoms with Crippen molar-refractivity contribution in [3.63, 3.8) is 0 Å². The Morgan fingerprint density at radius 2 is 2.06 bits per heavy atom. The molecule has 0 spiro atoms. The lowest BCUT2D eigenvalue weighted by molar-refractivity contribution is 0.578. The zero-order chi connectivity index (χ0) is 11.8. The molecule has 1 fully saturated rings. The van der Waals surface area contributed by atoms with E-state index in [-0.39, 0.29) is 11.3 Å². The Kier molecular flexibility index (Phi) is 3.24. The number of hydrogen-bond donors (Lipinski definition) is 1. The highest BCUT2D eigenvalue weighted by atomic mass is 35.5. The van der Waals surface area contributed by atoms with Crippen molar-refractivity contribution in [2.24, 2.45) is 5.73 Å². The summed E-state index contributed by atoms with van der Waals surface area (Å²) in [4.78, 5) is 0.305. The molecule has 1 aromatic carbocycles. The van der Waals surface area contributed by atoms with E-state index in [2.05, 4.69) is 0 Å². The SMILES string of the molecule is NC1CCC(S(=O)(=O)c2cccc(Cl)c2)C1. The number of nitrogens with two attached hydrogens (primary N) is 1. The maximum absolute atomic E-state index is 12.2. The van der Waals surface area contributed by atoms with Gasteiger partial charge in [-0.25, -0.2) is 8.42 Å². The van der Waals surface area contributed by atoms with Gasteiger partial charge in [-0.3, -0.25) is 0 Å².